The van der Waals surface area contributed by atoms with E-state index in [4.69, 9.17) is 4.74 Å². The molecule has 6 rings (SSSR count). The average Bonchev–Trinajstić information content (AvgIpc) is 3.40. The van der Waals surface area contributed by atoms with Gasteiger partial charge in [0.15, 0.2) is 5.60 Å². The van der Waals surface area contributed by atoms with E-state index in [9.17, 15) is 13.6 Å². The number of ether oxygens (including phenoxy) is 1. The number of carbonyl (C=O) groups is 1. The van der Waals surface area contributed by atoms with Crippen LogP contribution in [-0.2, 0) is 10.3 Å². The van der Waals surface area contributed by atoms with Crippen LogP contribution in [0, 0.1) is 11.6 Å². The molecule has 0 aromatic heterocycles. The molecule has 50 heavy (non-hydrogen) atoms. The third kappa shape index (κ3) is 7.00. The Balaban J connectivity index is 1.74. The predicted octanol–water partition coefficient (Wildman–Crippen LogP) is 11.8. The van der Waals surface area contributed by atoms with E-state index in [1.54, 1.807) is 24.3 Å². The maximum absolute atomic E-state index is 14.3. The molecular weight excluding hydrogens is 898 g/mol. The summed E-state index contributed by atoms with van der Waals surface area (Å²) in [4.78, 5) is 18.1. The van der Waals surface area contributed by atoms with Gasteiger partial charge in [-0.3, -0.25) is 0 Å². The number of fused-ring (bicyclic) bond motifs is 1. The average molecular weight is 928 g/mol. The molecule has 0 bridgehead atoms. The van der Waals surface area contributed by atoms with Gasteiger partial charge in [-0.2, -0.15) is 0 Å². The van der Waals surface area contributed by atoms with Crippen molar-refractivity contribution >= 4 is 92.2 Å². The van der Waals surface area contributed by atoms with Crippen molar-refractivity contribution in [2.24, 2.45) is 0 Å². The van der Waals surface area contributed by atoms with E-state index < -0.39 is 11.6 Å². The molecule has 0 N–H and O–H groups in total. The van der Waals surface area contributed by atoms with Crippen LogP contribution in [0.15, 0.2) is 127 Å². The number of hydrogen-bond donors (Lipinski definition) is 0. The second-order valence-electron chi connectivity index (χ2n) is 12.2. The van der Waals surface area contributed by atoms with E-state index in [0.29, 0.717) is 51.3 Å². The van der Waals surface area contributed by atoms with Crippen LogP contribution in [0.4, 0.5) is 20.2 Å². The lowest BCUT2D eigenvalue weighted by atomic mass is 9.83. The SMILES string of the molecule is CN(C)c1ccc(/C(=C/C2(/C=C(\c3ccc(F)cc3)c3ccc(N(C)C)cc3)OC(=O)c3c(Br)c(Br)c(Br)c(Br)c32)c2ccc(F)cc2)cc1. The van der Waals surface area contributed by atoms with E-state index in [1.807, 2.05) is 98.7 Å². The summed E-state index contributed by atoms with van der Waals surface area (Å²) in [6, 6.07) is 28.4. The van der Waals surface area contributed by atoms with Gasteiger partial charge in [-0.15, -0.1) is 0 Å². The second-order valence-corrected chi connectivity index (χ2v) is 15.4. The van der Waals surface area contributed by atoms with Crippen LogP contribution in [0.5, 0.6) is 0 Å². The fraction of sp³-hybridized carbons (Fsp3) is 0.125. The van der Waals surface area contributed by atoms with Gasteiger partial charge in [-0.25, -0.2) is 13.6 Å². The molecule has 0 atom stereocenters. The Hall–Kier alpha value is -3.57. The summed E-state index contributed by atoms with van der Waals surface area (Å²) in [5.74, 6) is -1.29. The molecule has 0 spiro atoms. The van der Waals surface area contributed by atoms with Crippen LogP contribution in [0.2, 0.25) is 0 Å². The van der Waals surface area contributed by atoms with E-state index in [2.05, 4.69) is 63.7 Å². The third-order valence-corrected chi connectivity index (χ3v) is 13.3. The minimum atomic E-state index is -1.52. The van der Waals surface area contributed by atoms with Crippen LogP contribution in [0.1, 0.15) is 38.2 Å². The maximum Gasteiger partial charge on any atom is 0.341 e. The van der Waals surface area contributed by atoms with Crippen molar-refractivity contribution in [2.75, 3.05) is 38.0 Å². The van der Waals surface area contributed by atoms with E-state index in [1.165, 1.54) is 24.3 Å². The first kappa shape index (κ1) is 36.2. The second kappa shape index (κ2) is 14.6. The molecule has 0 saturated carbocycles. The normalized spacial score (nSPS) is 15.9. The fourth-order valence-corrected chi connectivity index (χ4v) is 8.51. The Kier molecular flexibility index (Phi) is 10.6. The molecule has 1 aliphatic heterocycles. The molecule has 0 saturated heterocycles. The first-order valence-electron chi connectivity index (χ1n) is 15.4. The summed E-state index contributed by atoms with van der Waals surface area (Å²) in [6.07, 6.45) is 3.81. The number of carbonyl (C=O) groups excluding carboxylic acids is 1. The smallest absolute Gasteiger partial charge is 0.341 e. The Bertz CT molecular complexity index is 2030. The van der Waals surface area contributed by atoms with Gasteiger partial charge in [0, 0.05) is 63.0 Å². The summed E-state index contributed by atoms with van der Waals surface area (Å²) in [7, 11) is 7.86. The standard InChI is InChI=1S/C40H30Br4F2N2O2/c1-47(2)29-17-9-25(10-18-29)31(23-5-13-27(45)14-6-23)21-40(34-33(39(49)50-40)35(41)37(43)38(44)36(34)42)22-32(24-7-15-28(46)16-8-24)26-11-19-30(20-12-26)48(3)4/h5-22H,1-4H3/b31-21+,32-22+. The first-order chi connectivity index (χ1) is 23.8. The highest BCUT2D eigenvalue weighted by Crippen LogP contribution is 2.53. The molecule has 0 amide bonds. The molecule has 0 radical (unpaired) electrons. The van der Waals surface area contributed by atoms with Gasteiger partial charge in [-0.05, 0) is 158 Å². The number of cyclic esters (lactones) is 1. The van der Waals surface area contributed by atoms with Gasteiger partial charge >= 0.3 is 5.97 Å². The molecule has 4 nitrogen and oxygen atoms in total. The predicted molar refractivity (Wildman–Crippen MR) is 213 cm³/mol. The summed E-state index contributed by atoms with van der Waals surface area (Å²) < 4.78 is 37.6. The van der Waals surface area contributed by atoms with Gasteiger partial charge < -0.3 is 14.5 Å². The molecule has 0 fully saturated rings. The highest BCUT2D eigenvalue weighted by molar-refractivity contribution is 9.15. The number of rotatable bonds is 8. The van der Waals surface area contributed by atoms with Crippen LogP contribution in [0.25, 0.3) is 11.1 Å². The number of hydrogen-bond acceptors (Lipinski definition) is 4. The zero-order chi connectivity index (χ0) is 35.9. The summed E-state index contributed by atoms with van der Waals surface area (Å²) in [5, 5.41) is 0. The lowest BCUT2D eigenvalue weighted by Crippen LogP contribution is -2.23. The summed E-state index contributed by atoms with van der Waals surface area (Å²) >= 11 is 14.8. The van der Waals surface area contributed by atoms with Gasteiger partial charge in [0.25, 0.3) is 0 Å². The van der Waals surface area contributed by atoms with Gasteiger partial charge in [0.2, 0.25) is 0 Å². The number of esters is 1. The largest absolute Gasteiger partial charge is 0.442 e. The van der Waals surface area contributed by atoms with Crippen molar-refractivity contribution in [3.8, 4) is 0 Å². The third-order valence-electron chi connectivity index (χ3n) is 8.54. The molecule has 254 valence electrons. The van der Waals surface area contributed by atoms with Gasteiger partial charge in [0.05, 0.1) is 5.56 Å². The van der Waals surface area contributed by atoms with Gasteiger partial charge in [0.1, 0.15) is 11.6 Å². The van der Waals surface area contributed by atoms with Crippen molar-refractivity contribution in [3.63, 3.8) is 0 Å². The Morgan fingerprint density at radius 3 is 1.26 bits per heavy atom. The van der Waals surface area contributed by atoms with Crippen molar-refractivity contribution in [2.45, 2.75) is 5.60 Å². The van der Waals surface area contributed by atoms with Crippen LogP contribution < -0.4 is 9.80 Å². The van der Waals surface area contributed by atoms with E-state index in [0.717, 1.165) is 22.5 Å². The highest BCUT2D eigenvalue weighted by atomic mass is 79.9. The van der Waals surface area contributed by atoms with Crippen molar-refractivity contribution in [1.29, 1.82) is 0 Å². The molecular formula is C40H30Br4F2N2O2. The topological polar surface area (TPSA) is 32.8 Å². The Morgan fingerprint density at radius 2 is 0.900 bits per heavy atom. The maximum atomic E-state index is 14.3. The highest BCUT2D eigenvalue weighted by Gasteiger charge is 2.48. The monoisotopic (exact) mass is 924 g/mol. The molecule has 10 heteroatoms. The fourth-order valence-electron chi connectivity index (χ4n) is 5.92. The quantitative estimate of drug-likeness (QED) is 0.0882. The van der Waals surface area contributed by atoms with Crippen LogP contribution in [-0.4, -0.2) is 34.2 Å². The lowest BCUT2D eigenvalue weighted by Gasteiger charge is -2.28. The molecule has 5 aromatic carbocycles. The Morgan fingerprint density at radius 1 is 0.560 bits per heavy atom. The van der Waals surface area contributed by atoms with E-state index in [-0.39, 0.29) is 11.6 Å². The summed E-state index contributed by atoms with van der Waals surface area (Å²) in [6.45, 7) is 0. The zero-order valence-corrected chi connectivity index (χ0v) is 33.7. The zero-order valence-electron chi connectivity index (χ0n) is 27.4. The van der Waals surface area contributed by atoms with Crippen molar-refractivity contribution in [1.82, 2.24) is 0 Å². The van der Waals surface area contributed by atoms with Crippen LogP contribution >= 0.6 is 63.7 Å². The molecule has 1 aliphatic rings. The van der Waals surface area contributed by atoms with Crippen LogP contribution in [0.3, 0.4) is 0 Å². The van der Waals surface area contributed by atoms with Crippen molar-refractivity contribution < 1.29 is 18.3 Å². The summed E-state index contributed by atoms with van der Waals surface area (Å²) in [5.41, 5.74) is 5.85. The number of anilines is 2. The van der Waals surface area contributed by atoms with E-state index >= 15 is 0 Å². The minimum Gasteiger partial charge on any atom is -0.442 e. The lowest BCUT2D eigenvalue weighted by molar-refractivity contribution is 0.0298. The number of nitrogens with zero attached hydrogens (tertiary/aromatic N) is 2. The molecule has 0 aliphatic carbocycles. The molecule has 0 unspecified atom stereocenters. The molecule has 5 aromatic rings. The number of halogens is 6. The van der Waals surface area contributed by atoms with Gasteiger partial charge in [-0.1, -0.05) is 48.5 Å². The molecule has 1 heterocycles. The number of benzene rings is 5. The first-order valence-corrected chi connectivity index (χ1v) is 18.6. The minimum absolute atomic E-state index is 0.335. The van der Waals surface area contributed by atoms with Crippen molar-refractivity contribution in [3.05, 3.63) is 172 Å². The Labute approximate surface area is 324 Å².